The lowest BCUT2D eigenvalue weighted by atomic mass is 9.49. The van der Waals surface area contributed by atoms with Gasteiger partial charge in [0.1, 0.15) is 0 Å². The van der Waals surface area contributed by atoms with Gasteiger partial charge in [-0.25, -0.2) is 0 Å². The predicted octanol–water partition coefficient (Wildman–Crippen LogP) is 9.00. The lowest BCUT2D eigenvalue weighted by molar-refractivity contribution is -0.159. The molecule has 2 saturated heterocycles. The molecule has 8 bridgehead atoms. The van der Waals surface area contributed by atoms with Crippen molar-refractivity contribution in [3.8, 4) is 0 Å². The van der Waals surface area contributed by atoms with Gasteiger partial charge in [-0.2, -0.15) is 0 Å². The van der Waals surface area contributed by atoms with Crippen LogP contribution in [0.15, 0.2) is 0 Å². The zero-order valence-corrected chi connectivity index (χ0v) is 28.9. The molecule has 0 unspecified atom stereocenters. The fraction of sp³-hybridized carbons (Fsp3) is 0.947. The van der Waals surface area contributed by atoms with Crippen LogP contribution in [0.1, 0.15) is 143 Å². The zero-order chi connectivity index (χ0) is 30.5. The van der Waals surface area contributed by atoms with Gasteiger partial charge in [0.15, 0.2) is 0 Å². The molecule has 2 aliphatic heterocycles. The van der Waals surface area contributed by atoms with Crippen LogP contribution >= 0.6 is 11.6 Å². The van der Waals surface area contributed by atoms with Gasteiger partial charge in [-0.15, -0.1) is 0 Å². The summed E-state index contributed by atoms with van der Waals surface area (Å²) >= 11 is 5.76. The Labute approximate surface area is 268 Å². The first-order valence-electron chi connectivity index (χ1n) is 18.7. The highest BCUT2D eigenvalue weighted by molar-refractivity contribution is 6.64. The van der Waals surface area contributed by atoms with E-state index in [1.54, 1.807) is 0 Å². The second-order valence-electron chi connectivity index (χ2n) is 18.0. The molecule has 5 heteroatoms. The maximum Gasteiger partial charge on any atom is 0.228 e. The Morgan fingerprint density at radius 1 is 0.628 bits per heavy atom. The van der Waals surface area contributed by atoms with E-state index in [0.717, 1.165) is 67.9 Å². The second-order valence-corrected chi connectivity index (χ2v) is 18.4. The number of likely N-dealkylation sites (tertiary alicyclic amines) is 1. The number of piperidine rings is 2. The third-order valence-corrected chi connectivity index (χ3v) is 15.1. The Hall–Kier alpha value is -0.610. The predicted molar refractivity (Wildman–Crippen MR) is 177 cm³/mol. The molecule has 0 aromatic carbocycles. The molecule has 1 amide bonds. The van der Waals surface area contributed by atoms with Crippen molar-refractivity contribution in [2.75, 3.05) is 26.2 Å². The molecule has 0 aromatic rings. The lowest BCUT2D eigenvalue weighted by Gasteiger charge is -2.57. The van der Waals surface area contributed by atoms with Crippen molar-refractivity contribution in [3.63, 3.8) is 0 Å². The summed E-state index contributed by atoms with van der Waals surface area (Å²) in [7, 11) is 0. The number of nitrogens with one attached hydrogen (secondary N) is 1. The van der Waals surface area contributed by atoms with Crippen molar-refractivity contribution in [2.24, 2.45) is 57.2 Å². The van der Waals surface area contributed by atoms with Gasteiger partial charge >= 0.3 is 0 Å². The zero-order valence-electron chi connectivity index (χ0n) is 28.2. The molecule has 10 rings (SSSR count). The third kappa shape index (κ3) is 6.77. The number of hydrogen-bond acceptors (Lipinski definition) is 3. The van der Waals surface area contributed by atoms with Crippen molar-refractivity contribution < 1.29 is 9.59 Å². The quantitative estimate of drug-likeness (QED) is 0.321. The molecular formula is C38H63ClN2O2. The number of carbonyl (C=O) groups excluding carboxylic acids is 2. The summed E-state index contributed by atoms with van der Waals surface area (Å²) in [6, 6.07) is 0. The first kappa shape index (κ1) is 32.3. The monoisotopic (exact) mass is 614 g/mol. The van der Waals surface area contributed by atoms with Gasteiger partial charge in [-0.3, -0.25) is 9.59 Å². The van der Waals surface area contributed by atoms with E-state index < -0.39 is 0 Å². The molecule has 10 aliphatic rings. The minimum atomic E-state index is -0.0731. The number of halogens is 1. The van der Waals surface area contributed by atoms with Gasteiger partial charge in [-0.1, -0.05) is 40.5 Å². The van der Waals surface area contributed by atoms with Gasteiger partial charge in [0.25, 0.3) is 0 Å². The molecule has 10 fully saturated rings. The molecule has 2 heterocycles. The topological polar surface area (TPSA) is 49.4 Å². The summed E-state index contributed by atoms with van der Waals surface area (Å²) in [5, 5.41) is 3.34. The highest BCUT2D eigenvalue weighted by Gasteiger charge is 2.56. The minimum Gasteiger partial charge on any atom is -0.342 e. The summed E-state index contributed by atoms with van der Waals surface area (Å²) in [6.45, 7) is 13.9. The number of carbonyl (C=O) groups is 2. The number of rotatable bonds is 4. The normalized spacial score (nSPS) is 42.9. The van der Waals surface area contributed by atoms with E-state index in [1.165, 1.54) is 109 Å². The summed E-state index contributed by atoms with van der Waals surface area (Å²) in [6.07, 6.45) is 23.1. The van der Waals surface area contributed by atoms with Crippen LogP contribution in [0.2, 0.25) is 0 Å². The van der Waals surface area contributed by atoms with Crippen LogP contribution in [0.5, 0.6) is 0 Å². The lowest BCUT2D eigenvalue weighted by Crippen LogP contribution is -2.56. The Bertz CT molecular complexity index is 937. The van der Waals surface area contributed by atoms with Crippen LogP contribution in [0, 0.1) is 57.2 Å². The first-order valence-corrected chi connectivity index (χ1v) is 19.0. The van der Waals surface area contributed by atoms with E-state index in [0.29, 0.717) is 16.7 Å². The molecule has 0 radical (unpaired) electrons. The Morgan fingerprint density at radius 3 is 1.30 bits per heavy atom. The molecule has 4 nitrogen and oxygen atoms in total. The molecule has 8 aliphatic carbocycles. The average Bonchev–Trinajstić information content (AvgIpc) is 2.97. The van der Waals surface area contributed by atoms with E-state index in [9.17, 15) is 9.59 Å². The summed E-state index contributed by atoms with van der Waals surface area (Å²) < 4.78 is 0. The van der Waals surface area contributed by atoms with E-state index in [4.69, 9.17) is 11.6 Å². The van der Waals surface area contributed by atoms with Gasteiger partial charge < -0.3 is 10.2 Å². The van der Waals surface area contributed by atoms with E-state index in [1.807, 2.05) is 0 Å². The van der Waals surface area contributed by atoms with E-state index >= 15 is 0 Å². The molecule has 0 atom stereocenters. The highest BCUT2D eigenvalue weighted by Crippen LogP contribution is 2.62. The van der Waals surface area contributed by atoms with Crippen molar-refractivity contribution in [1.82, 2.24) is 10.2 Å². The van der Waals surface area contributed by atoms with Gasteiger partial charge in [-0.05, 0) is 174 Å². The molecule has 43 heavy (non-hydrogen) atoms. The fourth-order valence-corrected chi connectivity index (χ4v) is 12.3. The average molecular weight is 615 g/mol. The van der Waals surface area contributed by atoms with Crippen LogP contribution in [-0.2, 0) is 9.59 Å². The molecule has 1 N–H and O–H groups in total. The Kier molecular flexibility index (Phi) is 9.43. The van der Waals surface area contributed by atoms with Crippen LogP contribution < -0.4 is 5.32 Å². The third-order valence-electron chi connectivity index (χ3n) is 14.7. The first-order chi connectivity index (χ1) is 20.5. The SMILES string of the molecule is CCC1(C)CCN(C(=O)C23CC4CC(CC(C4)C2)C3)CC1.CCC1(C)CCNCC1.O=C(Cl)C12CC3CC(CC(C3)C1)C2. The highest BCUT2D eigenvalue weighted by atomic mass is 35.5. The van der Waals surface area contributed by atoms with Crippen LogP contribution in [0.4, 0.5) is 0 Å². The van der Waals surface area contributed by atoms with Gasteiger partial charge in [0, 0.05) is 18.5 Å². The summed E-state index contributed by atoms with van der Waals surface area (Å²) in [4.78, 5) is 27.0. The molecule has 244 valence electrons. The largest absolute Gasteiger partial charge is 0.342 e. The molecule has 8 saturated carbocycles. The summed E-state index contributed by atoms with van der Waals surface area (Å²) in [5.74, 6) is 5.68. The number of hydrogen-bond donors (Lipinski definition) is 1. The summed E-state index contributed by atoms with van der Waals surface area (Å²) in [5.41, 5.74) is 1.15. The van der Waals surface area contributed by atoms with Crippen molar-refractivity contribution in [3.05, 3.63) is 0 Å². The molecule has 0 spiro atoms. The van der Waals surface area contributed by atoms with Crippen LogP contribution in [0.25, 0.3) is 0 Å². The van der Waals surface area contributed by atoms with E-state index in [2.05, 4.69) is 37.9 Å². The Morgan fingerprint density at radius 2 is 0.977 bits per heavy atom. The van der Waals surface area contributed by atoms with Crippen molar-refractivity contribution in [2.45, 2.75) is 143 Å². The van der Waals surface area contributed by atoms with Crippen LogP contribution in [0.3, 0.4) is 0 Å². The van der Waals surface area contributed by atoms with Crippen molar-refractivity contribution in [1.29, 1.82) is 0 Å². The second kappa shape index (κ2) is 12.5. The maximum absolute atomic E-state index is 13.3. The number of nitrogens with zero attached hydrogens (tertiary/aromatic N) is 1. The minimum absolute atomic E-state index is 0.0356. The maximum atomic E-state index is 13.3. The molecule has 0 aromatic heterocycles. The van der Waals surface area contributed by atoms with E-state index in [-0.39, 0.29) is 16.1 Å². The van der Waals surface area contributed by atoms with Gasteiger partial charge in [0.2, 0.25) is 11.1 Å². The smallest absolute Gasteiger partial charge is 0.228 e. The standard InChI is InChI=1S/C19H31NO.C11H15ClO.C8H17N/c1-3-18(2)4-6-20(7-5-18)17(21)19-11-14-8-15(12-19)10-16(9-14)13-19;12-10(13)11-4-7-1-8(5-11)3-9(2-7)6-11;1-3-8(2)4-6-9-7-5-8/h14-16H,3-13H2,1-2H3;7-9H,1-6H2;9H,3-7H2,1-2H3. The Balaban J connectivity index is 0.000000127. The molecular weight excluding hydrogens is 552 g/mol. The van der Waals surface area contributed by atoms with Crippen LogP contribution in [-0.4, -0.2) is 42.2 Å². The number of amides is 1. The fourth-order valence-electron chi connectivity index (χ4n) is 12.0. The van der Waals surface area contributed by atoms with Gasteiger partial charge in [0.05, 0.1) is 5.41 Å². The van der Waals surface area contributed by atoms with Crippen molar-refractivity contribution >= 4 is 22.8 Å².